The van der Waals surface area contributed by atoms with E-state index < -0.39 is 14.0 Å². The van der Waals surface area contributed by atoms with Crippen LogP contribution in [-0.2, 0) is 10.2 Å². The second-order valence-corrected chi connectivity index (χ2v) is 12.3. The van der Waals surface area contributed by atoms with Gasteiger partial charge in [-0.05, 0) is 55.7 Å². The minimum Gasteiger partial charge on any atom is -0.496 e. The van der Waals surface area contributed by atoms with Crippen LogP contribution in [-0.4, -0.2) is 22.0 Å². The van der Waals surface area contributed by atoms with Crippen molar-refractivity contribution in [1.82, 2.24) is 5.32 Å². The van der Waals surface area contributed by atoms with E-state index in [2.05, 4.69) is 39.2 Å². The first-order valence-electron chi connectivity index (χ1n) is 7.90. The minimum absolute atomic E-state index is 0.0881. The fourth-order valence-electron chi connectivity index (χ4n) is 2.67. The van der Waals surface area contributed by atoms with Gasteiger partial charge < -0.3 is 9.16 Å². The van der Waals surface area contributed by atoms with Crippen molar-refractivity contribution < 1.29 is 13.6 Å². The molecule has 5 heteroatoms. The zero-order valence-corrected chi connectivity index (χ0v) is 15.5. The summed E-state index contributed by atoms with van der Waals surface area (Å²) >= 11 is 0. The molecule has 0 saturated carbocycles. The molecule has 0 bridgehead atoms. The van der Waals surface area contributed by atoms with E-state index in [0.717, 1.165) is 24.9 Å². The van der Waals surface area contributed by atoms with Gasteiger partial charge in [0.25, 0.3) is 0 Å². The van der Waals surface area contributed by atoms with Crippen LogP contribution in [0.4, 0.5) is 4.39 Å². The van der Waals surface area contributed by atoms with Gasteiger partial charge in [-0.2, -0.15) is 0 Å². The Hall–Kier alpha value is -0.913. The maximum Gasteiger partial charge on any atom is 0.194 e. The molecule has 1 heterocycles. The lowest BCUT2D eigenvalue weighted by Crippen LogP contribution is -2.52. The predicted octanol–water partition coefficient (Wildman–Crippen LogP) is 4.39. The molecule has 1 aromatic carbocycles. The Morgan fingerprint density at radius 2 is 1.95 bits per heavy atom. The van der Waals surface area contributed by atoms with Crippen molar-refractivity contribution in [3.8, 4) is 5.75 Å². The predicted molar refractivity (Wildman–Crippen MR) is 90.1 cm³/mol. The van der Waals surface area contributed by atoms with Crippen LogP contribution in [0.5, 0.6) is 5.75 Å². The molecule has 1 saturated heterocycles. The van der Waals surface area contributed by atoms with Crippen LogP contribution in [0.1, 0.15) is 39.2 Å². The van der Waals surface area contributed by atoms with Crippen LogP contribution in [0.25, 0.3) is 0 Å². The van der Waals surface area contributed by atoms with Gasteiger partial charge in [0.05, 0.1) is 7.11 Å². The highest BCUT2D eigenvalue weighted by Gasteiger charge is 2.48. The first kappa shape index (κ1) is 17.4. The van der Waals surface area contributed by atoms with Gasteiger partial charge in [-0.1, -0.05) is 20.8 Å². The number of benzene rings is 1. The molecular weight excluding hydrogens is 297 g/mol. The summed E-state index contributed by atoms with van der Waals surface area (Å²) in [6.45, 7) is 12.0. The van der Waals surface area contributed by atoms with Crippen molar-refractivity contribution >= 4 is 8.32 Å². The number of nitrogens with one attached hydrogen (secondary N) is 1. The highest BCUT2D eigenvalue weighted by molar-refractivity contribution is 6.74. The number of ether oxygens (including phenoxy) is 1. The lowest BCUT2D eigenvalue weighted by atomic mass is 10.00. The van der Waals surface area contributed by atoms with Crippen molar-refractivity contribution in [3.05, 3.63) is 29.6 Å². The molecule has 3 nitrogen and oxygen atoms in total. The smallest absolute Gasteiger partial charge is 0.194 e. The summed E-state index contributed by atoms with van der Waals surface area (Å²) in [5.41, 5.74) is 0.133. The lowest BCUT2D eigenvalue weighted by Gasteiger charge is -2.44. The summed E-state index contributed by atoms with van der Waals surface area (Å²) in [7, 11) is -0.402. The average molecular weight is 326 g/mol. The molecule has 0 amide bonds. The molecule has 1 aliphatic heterocycles. The van der Waals surface area contributed by atoms with Gasteiger partial charge in [0, 0.05) is 5.56 Å². The van der Waals surface area contributed by atoms with E-state index in [1.807, 2.05) is 0 Å². The molecule has 0 aliphatic carbocycles. The molecule has 22 heavy (non-hydrogen) atoms. The Morgan fingerprint density at radius 3 is 2.45 bits per heavy atom. The SMILES string of the molecule is COc1ccc(F)cc1[C@]1(O[Si](C)(C)C(C)(C)C)CCCN1. The quantitative estimate of drug-likeness (QED) is 0.833. The molecule has 1 aromatic rings. The standard InChI is InChI=1S/C17H28FNO2Si/c1-16(2,3)22(5,6)21-17(10-7-11-19-17)14-12-13(18)8-9-15(14)20-4/h8-9,12,19H,7,10-11H2,1-6H3/t17-/m1/s1. The molecule has 1 N–H and O–H groups in total. The monoisotopic (exact) mass is 325 g/mol. The maximum absolute atomic E-state index is 13.8. The Labute approximate surface area is 134 Å². The second-order valence-electron chi connectivity index (χ2n) is 7.56. The maximum atomic E-state index is 13.8. The second kappa shape index (κ2) is 5.94. The summed E-state index contributed by atoms with van der Waals surface area (Å²) in [4.78, 5) is 0. The molecule has 0 spiro atoms. The van der Waals surface area contributed by atoms with Crippen LogP contribution in [0.15, 0.2) is 18.2 Å². The van der Waals surface area contributed by atoms with Crippen LogP contribution < -0.4 is 10.1 Å². The Kier molecular flexibility index (Phi) is 4.71. The molecule has 1 atom stereocenters. The lowest BCUT2D eigenvalue weighted by molar-refractivity contribution is 0.0314. The molecular formula is C17H28FNO2Si. The Bertz CT molecular complexity index is 534. The summed E-state index contributed by atoms with van der Waals surface area (Å²) in [6, 6.07) is 4.66. The third-order valence-corrected chi connectivity index (χ3v) is 9.42. The molecule has 1 aliphatic rings. The van der Waals surface area contributed by atoms with Crippen LogP contribution in [0.3, 0.4) is 0 Å². The molecule has 1 fully saturated rings. The zero-order valence-electron chi connectivity index (χ0n) is 14.5. The highest BCUT2D eigenvalue weighted by atomic mass is 28.4. The van der Waals surface area contributed by atoms with E-state index in [1.54, 1.807) is 19.2 Å². The number of hydrogen-bond acceptors (Lipinski definition) is 3. The largest absolute Gasteiger partial charge is 0.496 e. The molecule has 0 aromatic heterocycles. The van der Waals surface area contributed by atoms with E-state index in [9.17, 15) is 4.39 Å². The highest BCUT2D eigenvalue weighted by Crippen LogP contribution is 2.45. The topological polar surface area (TPSA) is 30.5 Å². The van der Waals surface area contributed by atoms with Crippen LogP contribution >= 0.6 is 0 Å². The Morgan fingerprint density at radius 1 is 1.27 bits per heavy atom. The summed E-state index contributed by atoms with van der Waals surface area (Å²) < 4.78 is 26.0. The summed E-state index contributed by atoms with van der Waals surface area (Å²) in [5.74, 6) is 0.414. The van der Waals surface area contributed by atoms with E-state index in [-0.39, 0.29) is 10.9 Å². The third-order valence-electron chi connectivity index (χ3n) is 4.95. The van der Waals surface area contributed by atoms with E-state index in [4.69, 9.17) is 9.16 Å². The van der Waals surface area contributed by atoms with Crippen molar-refractivity contribution in [2.24, 2.45) is 0 Å². The summed E-state index contributed by atoms with van der Waals surface area (Å²) in [6.07, 6.45) is 1.84. The average Bonchev–Trinajstić information content (AvgIpc) is 2.86. The number of rotatable bonds is 4. The molecule has 2 rings (SSSR count). The first-order chi connectivity index (χ1) is 10.1. The van der Waals surface area contributed by atoms with E-state index >= 15 is 0 Å². The third kappa shape index (κ3) is 3.21. The molecule has 124 valence electrons. The Balaban J connectivity index is 2.48. The van der Waals surface area contributed by atoms with Crippen LogP contribution in [0, 0.1) is 5.82 Å². The fraction of sp³-hybridized carbons (Fsp3) is 0.647. The number of hydrogen-bond donors (Lipinski definition) is 1. The van der Waals surface area contributed by atoms with Gasteiger partial charge in [-0.15, -0.1) is 0 Å². The van der Waals surface area contributed by atoms with Gasteiger partial charge >= 0.3 is 0 Å². The van der Waals surface area contributed by atoms with Gasteiger partial charge in [0.15, 0.2) is 8.32 Å². The van der Waals surface area contributed by atoms with Crippen LogP contribution in [0.2, 0.25) is 18.1 Å². The first-order valence-corrected chi connectivity index (χ1v) is 10.8. The van der Waals surface area contributed by atoms with Crippen molar-refractivity contribution in [1.29, 1.82) is 0 Å². The normalized spacial score (nSPS) is 22.9. The van der Waals surface area contributed by atoms with Gasteiger partial charge in [0.2, 0.25) is 0 Å². The van der Waals surface area contributed by atoms with Gasteiger partial charge in [0.1, 0.15) is 17.3 Å². The summed E-state index contributed by atoms with van der Waals surface area (Å²) in [5, 5.41) is 3.57. The van der Waals surface area contributed by atoms with Gasteiger partial charge in [-0.25, -0.2) is 4.39 Å². The number of methoxy groups -OCH3 is 1. The van der Waals surface area contributed by atoms with E-state index in [1.165, 1.54) is 6.07 Å². The fourth-order valence-corrected chi connectivity index (χ4v) is 4.13. The zero-order chi connectivity index (χ0) is 16.6. The van der Waals surface area contributed by atoms with Crippen molar-refractivity contribution in [2.45, 2.75) is 57.5 Å². The molecule has 0 radical (unpaired) electrons. The van der Waals surface area contributed by atoms with Crippen molar-refractivity contribution in [3.63, 3.8) is 0 Å². The number of halogens is 1. The van der Waals surface area contributed by atoms with E-state index in [0.29, 0.717) is 5.75 Å². The minimum atomic E-state index is -2.02. The molecule has 0 unspecified atom stereocenters. The van der Waals surface area contributed by atoms with Crippen molar-refractivity contribution in [2.75, 3.05) is 13.7 Å². The van der Waals surface area contributed by atoms with Gasteiger partial charge in [-0.3, -0.25) is 5.32 Å².